The van der Waals surface area contributed by atoms with E-state index in [9.17, 15) is 30.3 Å². The van der Waals surface area contributed by atoms with Crippen molar-refractivity contribution in [3.05, 3.63) is 48.6 Å². The SMILES string of the molecule is CCCCCCCCC/C=C/CC/C=C/CC/C=C/C(O)C(COC1OC(CO)C(O)C(O)C1O)NC(=O)CCCCCCCCC/C=C\CCCCCCCCCCC. The van der Waals surface area contributed by atoms with Gasteiger partial charge in [0.1, 0.15) is 24.4 Å². The van der Waals surface area contributed by atoms with Crippen LogP contribution in [-0.4, -0.2) is 87.5 Å². The molecule has 0 aliphatic carbocycles. The average Bonchev–Trinajstić information content (AvgIpc) is 3.25. The third-order valence-electron chi connectivity index (χ3n) is 11.6. The number of carbonyl (C=O) groups excluding carboxylic acids is 1. The quantitative estimate of drug-likeness (QED) is 0.0263. The van der Waals surface area contributed by atoms with Crippen molar-refractivity contribution < 1.29 is 39.8 Å². The Morgan fingerprint density at radius 1 is 0.550 bits per heavy atom. The molecule has 0 aromatic carbocycles. The van der Waals surface area contributed by atoms with E-state index in [1.807, 2.05) is 6.08 Å². The molecule has 0 radical (unpaired) electrons. The summed E-state index contributed by atoms with van der Waals surface area (Å²) in [4.78, 5) is 13.0. The zero-order valence-corrected chi connectivity index (χ0v) is 38.5. The third-order valence-corrected chi connectivity index (χ3v) is 11.6. The molecule has 0 aromatic rings. The van der Waals surface area contributed by atoms with Crippen molar-refractivity contribution in [2.45, 2.75) is 256 Å². The fourth-order valence-electron chi connectivity index (χ4n) is 7.59. The average molecular weight is 848 g/mol. The summed E-state index contributed by atoms with van der Waals surface area (Å²) in [5.41, 5.74) is 0. The molecular formula is C51H93NO8. The molecule has 350 valence electrons. The maximum Gasteiger partial charge on any atom is 0.220 e. The summed E-state index contributed by atoms with van der Waals surface area (Å²) < 4.78 is 11.2. The summed E-state index contributed by atoms with van der Waals surface area (Å²) in [6.45, 7) is 3.75. The first-order valence-electron chi connectivity index (χ1n) is 24.9. The lowest BCUT2D eigenvalue weighted by Gasteiger charge is -2.40. The maximum absolute atomic E-state index is 13.0. The van der Waals surface area contributed by atoms with Gasteiger partial charge in [0.05, 0.1) is 25.4 Å². The number of aliphatic hydroxyl groups excluding tert-OH is 5. The molecule has 1 amide bonds. The van der Waals surface area contributed by atoms with E-state index in [0.717, 1.165) is 64.2 Å². The van der Waals surface area contributed by atoms with Gasteiger partial charge in [-0.2, -0.15) is 0 Å². The van der Waals surface area contributed by atoms with Gasteiger partial charge >= 0.3 is 0 Å². The Kier molecular flexibility index (Phi) is 38.5. The molecule has 0 bridgehead atoms. The van der Waals surface area contributed by atoms with E-state index in [2.05, 4.69) is 55.6 Å². The summed E-state index contributed by atoms with van der Waals surface area (Å²) in [5, 5.41) is 54.2. The van der Waals surface area contributed by atoms with Crippen LogP contribution in [-0.2, 0) is 14.3 Å². The maximum atomic E-state index is 13.0. The second-order valence-corrected chi connectivity index (χ2v) is 17.2. The first-order valence-corrected chi connectivity index (χ1v) is 24.9. The van der Waals surface area contributed by atoms with Gasteiger partial charge in [-0.3, -0.25) is 4.79 Å². The molecule has 1 saturated heterocycles. The van der Waals surface area contributed by atoms with Crippen molar-refractivity contribution in [3.63, 3.8) is 0 Å². The van der Waals surface area contributed by atoms with Gasteiger partial charge in [-0.05, 0) is 70.6 Å². The number of aliphatic hydroxyl groups is 5. The molecule has 1 aliphatic rings. The zero-order valence-electron chi connectivity index (χ0n) is 38.5. The van der Waals surface area contributed by atoms with Crippen molar-refractivity contribution in [3.8, 4) is 0 Å². The van der Waals surface area contributed by atoms with Crippen molar-refractivity contribution in [1.82, 2.24) is 5.32 Å². The molecule has 0 aromatic heterocycles. The lowest BCUT2D eigenvalue weighted by Crippen LogP contribution is -2.60. The van der Waals surface area contributed by atoms with E-state index in [0.29, 0.717) is 6.42 Å². The molecule has 0 saturated carbocycles. The van der Waals surface area contributed by atoms with Crippen molar-refractivity contribution in [2.75, 3.05) is 13.2 Å². The Balaban J connectivity index is 2.35. The molecule has 1 rings (SSSR count). The summed E-state index contributed by atoms with van der Waals surface area (Å²) in [5.74, 6) is -0.196. The van der Waals surface area contributed by atoms with Gasteiger partial charge in [-0.25, -0.2) is 0 Å². The van der Waals surface area contributed by atoms with Crippen LogP contribution in [0, 0.1) is 0 Å². The number of unbranched alkanes of at least 4 members (excludes halogenated alkanes) is 25. The molecular weight excluding hydrogens is 755 g/mol. The lowest BCUT2D eigenvalue weighted by atomic mass is 9.99. The summed E-state index contributed by atoms with van der Waals surface area (Å²) in [6, 6.07) is -0.830. The Bertz CT molecular complexity index is 1080. The van der Waals surface area contributed by atoms with Crippen molar-refractivity contribution >= 4 is 5.91 Å². The molecule has 1 aliphatic heterocycles. The molecule has 60 heavy (non-hydrogen) atoms. The van der Waals surface area contributed by atoms with Gasteiger partial charge in [0.2, 0.25) is 5.91 Å². The molecule has 1 heterocycles. The number of hydrogen-bond acceptors (Lipinski definition) is 8. The molecule has 6 N–H and O–H groups in total. The van der Waals surface area contributed by atoms with Crippen LogP contribution in [0.4, 0.5) is 0 Å². The Labute approximate surface area is 367 Å². The number of amides is 1. The van der Waals surface area contributed by atoms with Crippen LogP contribution in [0.3, 0.4) is 0 Å². The molecule has 7 atom stereocenters. The minimum Gasteiger partial charge on any atom is -0.394 e. The predicted molar refractivity (Wildman–Crippen MR) is 249 cm³/mol. The molecule has 7 unspecified atom stereocenters. The summed E-state index contributed by atoms with van der Waals surface area (Å²) in [7, 11) is 0. The van der Waals surface area contributed by atoms with Crippen LogP contribution in [0.2, 0.25) is 0 Å². The van der Waals surface area contributed by atoms with Gasteiger partial charge in [-0.1, -0.05) is 184 Å². The smallest absolute Gasteiger partial charge is 0.220 e. The normalized spacial score (nSPS) is 20.9. The van der Waals surface area contributed by atoms with E-state index in [-0.39, 0.29) is 12.5 Å². The zero-order chi connectivity index (χ0) is 43.7. The van der Waals surface area contributed by atoms with Crippen molar-refractivity contribution in [1.29, 1.82) is 0 Å². The topological polar surface area (TPSA) is 149 Å². The fraction of sp³-hybridized carbons (Fsp3) is 0.824. The highest BCUT2D eigenvalue weighted by atomic mass is 16.7. The Hall–Kier alpha value is -1.85. The number of carbonyl (C=O) groups is 1. The second-order valence-electron chi connectivity index (χ2n) is 17.2. The van der Waals surface area contributed by atoms with E-state index in [1.165, 1.54) is 128 Å². The largest absolute Gasteiger partial charge is 0.394 e. The standard InChI is InChI=1S/C51H93NO8/c1-3-5-7-9-11-13-15-17-19-21-22-23-25-27-29-31-33-35-37-39-41-47(55)52-44(43-59-51-50(58)49(57)48(56)46(42-53)60-51)45(54)40-38-36-34-32-30-28-26-24-20-18-16-14-12-10-8-6-4-2/h20,22-24,30,32,38,40,44-46,48-51,53-54,56-58H,3-19,21,25-29,31,33-37,39,41-43H2,1-2H3,(H,52,55)/b23-22-,24-20+,32-30+,40-38+. The second kappa shape index (κ2) is 41.2. The van der Waals surface area contributed by atoms with Crippen LogP contribution in [0.25, 0.3) is 0 Å². The third kappa shape index (κ3) is 31.1. The van der Waals surface area contributed by atoms with Gasteiger partial charge in [0.15, 0.2) is 6.29 Å². The number of nitrogens with one attached hydrogen (secondary N) is 1. The highest BCUT2D eigenvalue weighted by Gasteiger charge is 2.44. The minimum absolute atomic E-state index is 0.196. The fourth-order valence-corrected chi connectivity index (χ4v) is 7.59. The van der Waals surface area contributed by atoms with E-state index in [4.69, 9.17) is 9.47 Å². The van der Waals surface area contributed by atoms with Gasteiger partial charge < -0.3 is 40.3 Å². The highest BCUT2D eigenvalue weighted by molar-refractivity contribution is 5.76. The molecule has 1 fully saturated rings. The van der Waals surface area contributed by atoms with E-state index < -0.39 is 49.5 Å². The summed E-state index contributed by atoms with van der Waals surface area (Å²) in [6.07, 6.45) is 45.8. The van der Waals surface area contributed by atoms with Crippen LogP contribution >= 0.6 is 0 Å². The monoisotopic (exact) mass is 848 g/mol. The van der Waals surface area contributed by atoms with Crippen LogP contribution < -0.4 is 5.32 Å². The number of ether oxygens (including phenoxy) is 2. The lowest BCUT2D eigenvalue weighted by molar-refractivity contribution is -0.302. The number of hydrogen-bond donors (Lipinski definition) is 6. The Morgan fingerprint density at radius 3 is 1.40 bits per heavy atom. The predicted octanol–water partition coefficient (Wildman–Crippen LogP) is 11.0. The Morgan fingerprint density at radius 2 is 0.950 bits per heavy atom. The van der Waals surface area contributed by atoms with Gasteiger partial charge in [0.25, 0.3) is 0 Å². The number of allylic oxidation sites excluding steroid dienone is 7. The van der Waals surface area contributed by atoms with Crippen LogP contribution in [0.1, 0.15) is 213 Å². The van der Waals surface area contributed by atoms with Gasteiger partial charge in [-0.15, -0.1) is 0 Å². The van der Waals surface area contributed by atoms with E-state index in [1.54, 1.807) is 6.08 Å². The van der Waals surface area contributed by atoms with Gasteiger partial charge in [0, 0.05) is 6.42 Å². The van der Waals surface area contributed by atoms with E-state index >= 15 is 0 Å². The molecule has 9 heteroatoms. The summed E-state index contributed by atoms with van der Waals surface area (Å²) >= 11 is 0. The van der Waals surface area contributed by atoms with Crippen LogP contribution in [0.15, 0.2) is 48.6 Å². The first-order chi connectivity index (χ1) is 29.3. The molecule has 9 nitrogen and oxygen atoms in total. The van der Waals surface area contributed by atoms with Crippen molar-refractivity contribution in [2.24, 2.45) is 0 Å². The van der Waals surface area contributed by atoms with Crippen LogP contribution in [0.5, 0.6) is 0 Å². The number of rotatable bonds is 41. The molecule has 0 spiro atoms. The minimum atomic E-state index is -1.58. The first kappa shape index (κ1) is 56.2. The highest BCUT2D eigenvalue weighted by Crippen LogP contribution is 2.22.